The first kappa shape index (κ1) is 40.3. The average molecular weight is 604 g/mol. The van der Waals surface area contributed by atoms with Crippen LogP contribution >= 0.6 is 0 Å². The Morgan fingerprint density at radius 1 is 0.852 bits per heavy atom. The SMILES string of the molecule is CCN(CC)C(=[Se])/C(C)=C/c1ccccc1.[C-]#[O+].[C-]#[O+].[C-]#[O+].[C-]#[O+].[C-]#[O+].[W]. The van der Waals surface area contributed by atoms with Gasteiger partial charge in [0.05, 0.1) is 0 Å². The maximum Gasteiger partial charge on any atom is 0 e. The van der Waals surface area contributed by atoms with E-state index >= 15 is 0 Å². The van der Waals surface area contributed by atoms with E-state index in [0.29, 0.717) is 0 Å². The van der Waals surface area contributed by atoms with Gasteiger partial charge in [-0.15, -0.1) is 0 Å². The third-order valence-electron chi connectivity index (χ3n) is 2.57. The zero-order chi connectivity index (χ0) is 22.0. The molecule has 0 atom stereocenters. The van der Waals surface area contributed by atoms with Crippen molar-refractivity contribution in [1.29, 1.82) is 0 Å². The van der Waals surface area contributed by atoms with Crippen molar-refractivity contribution in [3.8, 4) is 0 Å². The molecule has 0 unspecified atom stereocenters. The fourth-order valence-electron chi connectivity index (χ4n) is 1.62. The molecule has 0 heterocycles. The Labute approximate surface area is 183 Å². The molecule has 0 N–H and O–H groups in total. The molecule has 27 heavy (non-hydrogen) atoms. The standard InChI is InChI=1S/C14H19NSe.5CO.W/c1-4-15(5-2)14(16)12(3)11-13-9-7-6-8-10-13;5*1-2;/h6-11H,4-5H2,1-3H3;;;;;;/b12-11+;;;;;;. The molecule has 0 aromatic heterocycles. The third-order valence-corrected chi connectivity index (χ3v) is 3.79. The molecular weight excluding hydrogens is 585 g/mol. The molecule has 0 aliphatic rings. The van der Waals surface area contributed by atoms with Gasteiger partial charge in [-0.05, 0) is 0 Å². The molecule has 0 amide bonds. The Hall–Kier alpha value is -1.46. The summed E-state index contributed by atoms with van der Waals surface area (Å²) in [6.07, 6.45) is 2.21. The molecule has 0 aliphatic heterocycles. The molecule has 0 aliphatic carbocycles. The smallest absolute Gasteiger partial charge is 0 e. The normalized spacial score (nSPS) is 7.07. The van der Waals surface area contributed by atoms with Gasteiger partial charge in [-0.3, -0.25) is 0 Å². The Morgan fingerprint density at radius 2 is 1.19 bits per heavy atom. The Morgan fingerprint density at radius 3 is 1.48 bits per heavy atom. The van der Waals surface area contributed by atoms with Crippen molar-refractivity contribution in [1.82, 2.24) is 4.90 Å². The predicted molar refractivity (Wildman–Crippen MR) is 93.4 cm³/mol. The first-order valence-corrected chi connectivity index (χ1v) is 7.59. The summed E-state index contributed by atoms with van der Waals surface area (Å²) in [4.78, 5) is 2.33. The Bertz CT molecular complexity index is 538. The number of hydrogen-bond donors (Lipinski definition) is 0. The van der Waals surface area contributed by atoms with Crippen molar-refractivity contribution in [2.75, 3.05) is 13.1 Å². The monoisotopic (exact) mass is 605 g/mol. The van der Waals surface area contributed by atoms with E-state index in [4.69, 9.17) is 23.3 Å². The van der Waals surface area contributed by atoms with Gasteiger partial charge in [0.1, 0.15) is 0 Å². The minimum Gasteiger partial charge on any atom is 0 e. The number of likely N-dealkylation sites (N-methyl/N-ethyl adjacent to an activating group) is 1. The number of nitrogens with zero attached hydrogens (tertiary/aromatic N) is 1. The van der Waals surface area contributed by atoms with Gasteiger partial charge in [0.25, 0.3) is 0 Å². The van der Waals surface area contributed by atoms with Crippen molar-refractivity contribution in [3.63, 3.8) is 0 Å². The van der Waals surface area contributed by atoms with Gasteiger partial charge in [-0.25, -0.2) is 0 Å². The zero-order valence-corrected chi connectivity index (χ0v) is 19.8. The maximum atomic E-state index is 7.50. The molecule has 1 aromatic rings. The minimum atomic E-state index is 0. The summed E-state index contributed by atoms with van der Waals surface area (Å²) >= 11 is 3.17. The second-order valence-corrected chi connectivity index (χ2v) is 4.53. The van der Waals surface area contributed by atoms with Crippen LogP contribution in [-0.4, -0.2) is 38.1 Å². The molecule has 0 bridgehead atoms. The van der Waals surface area contributed by atoms with Gasteiger partial charge in [0, 0.05) is 21.1 Å². The topological polar surface area (TPSA) is 103 Å². The number of benzene rings is 1. The summed E-state index contributed by atoms with van der Waals surface area (Å²) in [5, 5.41) is 0. The maximum absolute atomic E-state index is 7.50. The summed E-state index contributed by atoms with van der Waals surface area (Å²) in [5.41, 5.74) is 2.54. The van der Waals surface area contributed by atoms with Crippen molar-refractivity contribution in [2.24, 2.45) is 0 Å². The van der Waals surface area contributed by atoms with Crippen LogP contribution in [0.1, 0.15) is 26.3 Å². The molecule has 1 rings (SSSR count). The molecule has 0 spiro atoms. The van der Waals surface area contributed by atoms with Crippen molar-refractivity contribution >= 4 is 26.2 Å². The van der Waals surface area contributed by atoms with Crippen LogP contribution in [0.3, 0.4) is 0 Å². The van der Waals surface area contributed by atoms with Gasteiger partial charge >= 0.3 is 163 Å². The number of rotatable bonds is 5. The largest absolute Gasteiger partial charge is 0 e. The Balaban J connectivity index is -0.0000000869. The fraction of sp³-hybridized carbons (Fsp3) is 0.263. The second kappa shape index (κ2) is 39.6. The summed E-state index contributed by atoms with van der Waals surface area (Å²) in [6, 6.07) is 10.4. The Kier molecular flexibility index (Phi) is 59.0. The molecule has 0 fully saturated rings. The predicted octanol–water partition coefficient (Wildman–Crippen LogP) is 2.54. The summed E-state index contributed by atoms with van der Waals surface area (Å²) in [6.45, 7) is 31.1. The van der Waals surface area contributed by atoms with Gasteiger partial charge in [0.2, 0.25) is 0 Å². The second-order valence-electron chi connectivity index (χ2n) is 3.72. The van der Waals surface area contributed by atoms with Crippen LogP contribution in [0, 0.1) is 33.3 Å². The van der Waals surface area contributed by atoms with Crippen LogP contribution in [0.2, 0.25) is 0 Å². The van der Waals surface area contributed by atoms with Crippen LogP contribution in [0.4, 0.5) is 0 Å². The van der Waals surface area contributed by atoms with E-state index in [2.05, 4.69) is 105 Å². The average Bonchev–Trinajstić information content (AvgIpc) is 2.77. The van der Waals surface area contributed by atoms with Gasteiger partial charge in [-0.1, -0.05) is 0 Å². The summed E-state index contributed by atoms with van der Waals surface area (Å²) in [5.74, 6) is 0. The summed E-state index contributed by atoms with van der Waals surface area (Å²) < 4.78 is 38.7. The van der Waals surface area contributed by atoms with E-state index in [1.807, 2.05) is 6.07 Å². The van der Waals surface area contributed by atoms with E-state index in [1.54, 1.807) is 0 Å². The molecule has 0 saturated heterocycles. The van der Waals surface area contributed by atoms with E-state index in [9.17, 15) is 0 Å². The molecule has 0 radical (unpaired) electrons. The van der Waals surface area contributed by atoms with E-state index in [0.717, 1.165) is 13.1 Å². The van der Waals surface area contributed by atoms with Crippen molar-refractivity contribution in [2.45, 2.75) is 20.8 Å². The van der Waals surface area contributed by atoms with Crippen LogP contribution < -0.4 is 0 Å². The van der Waals surface area contributed by atoms with E-state index < -0.39 is 0 Å². The third kappa shape index (κ3) is 24.5. The summed E-state index contributed by atoms with van der Waals surface area (Å²) in [7, 11) is 0. The zero-order valence-electron chi connectivity index (χ0n) is 15.2. The van der Waals surface area contributed by atoms with Crippen LogP contribution in [-0.2, 0) is 44.3 Å². The van der Waals surface area contributed by atoms with E-state index in [1.165, 1.54) is 15.7 Å². The fourth-order valence-corrected chi connectivity index (χ4v) is 2.29. The number of hydrogen-bond acceptors (Lipinski definition) is 1. The molecule has 1 aromatic carbocycles. The molecule has 0 saturated carbocycles. The first-order chi connectivity index (χ1) is 12.7. The van der Waals surface area contributed by atoms with E-state index in [-0.39, 0.29) is 21.1 Å². The van der Waals surface area contributed by atoms with Crippen LogP contribution in [0.15, 0.2) is 35.9 Å². The molecule has 142 valence electrons. The van der Waals surface area contributed by atoms with Crippen LogP contribution in [0.5, 0.6) is 0 Å². The molecule has 6 nitrogen and oxygen atoms in total. The quantitative estimate of drug-likeness (QED) is 0.288. The first-order valence-electron chi connectivity index (χ1n) is 6.73. The van der Waals surface area contributed by atoms with Crippen molar-refractivity contribution in [3.05, 3.63) is 74.7 Å². The minimum absolute atomic E-state index is 0. The van der Waals surface area contributed by atoms with Crippen LogP contribution in [0.25, 0.3) is 6.08 Å². The van der Waals surface area contributed by atoms with Gasteiger partial charge < -0.3 is 0 Å². The molecule has 8 heteroatoms. The van der Waals surface area contributed by atoms with Gasteiger partial charge in [0.15, 0.2) is 0 Å². The van der Waals surface area contributed by atoms with Gasteiger partial charge in [-0.2, -0.15) is 0 Å². The molecular formula is C19H19NO5SeW. The van der Waals surface area contributed by atoms with Crippen molar-refractivity contribution < 1.29 is 44.3 Å².